The van der Waals surface area contributed by atoms with E-state index in [2.05, 4.69) is 5.32 Å². The molecule has 0 saturated carbocycles. The van der Waals surface area contributed by atoms with Gasteiger partial charge in [-0.3, -0.25) is 9.59 Å². The fraction of sp³-hybridized carbons (Fsp3) is 0.273. The van der Waals surface area contributed by atoms with Crippen molar-refractivity contribution in [2.45, 2.75) is 13.0 Å². The number of ether oxygens (including phenoxy) is 1. The number of fused-ring (bicyclic) bond motifs is 1. The monoisotopic (exact) mass is 220 g/mol. The number of carbonyl (C=O) groups is 2. The molecule has 0 aromatic heterocycles. The molecule has 2 rings (SSSR count). The van der Waals surface area contributed by atoms with Crippen LogP contribution >= 0.6 is 0 Å². The number of nitrogens with two attached hydrogens (primary N) is 1. The molecule has 0 saturated heterocycles. The van der Waals surface area contributed by atoms with Crippen molar-refractivity contribution in [3.63, 3.8) is 0 Å². The number of hydrogen-bond donors (Lipinski definition) is 2. The second-order valence-electron chi connectivity index (χ2n) is 3.59. The fourth-order valence-corrected chi connectivity index (χ4v) is 1.62. The molecule has 84 valence electrons. The summed E-state index contributed by atoms with van der Waals surface area (Å²) in [6.07, 6.45) is 0.882. The molecule has 0 unspecified atom stereocenters. The number of benzene rings is 1. The van der Waals surface area contributed by atoms with Crippen molar-refractivity contribution in [3.8, 4) is 5.75 Å². The molecule has 1 aromatic rings. The lowest BCUT2D eigenvalue weighted by Crippen LogP contribution is -2.35. The minimum absolute atomic E-state index is 0.301. The first-order valence-electron chi connectivity index (χ1n) is 4.99. The molecular formula is C11H12N2O3. The topological polar surface area (TPSA) is 81.4 Å². The lowest BCUT2D eigenvalue weighted by atomic mass is 10.1. The SMILES string of the molecule is NC(=O)C(=O)NCc1ccc2c(c1)CCO2. The molecule has 1 aliphatic rings. The first kappa shape index (κ1) is 10.5. The van der Waals surface area contributed by atoms with Gasteiger partial charge in [0.1, 0.15) is 5.75 Å². The van der Waals surface area contributed by atoms with E-state index in [1.165, 1.54) is 0 Å². The van der Waals surface area contributed by atoms with E-state index in [4.69, 9.17) is 10.5 Å². The van der Waals surface area contributed by atoms with Gasteiger partial charge >= 0.3 is 11.8 Å². The summed E-state index contributed by atoms with van der Waals surface area (Å²) in [5, 5.41) is 2.44. The molecule has 2 amide bonds. The van der Waals surface area contributed by atoms with Crippen molar-refractivity contribution in [2.75, 3.05) is 6.61 Å². The van der Waals surface area contributed by atoms with E-state index in [0.717, 1.165) is 23.3 Å². The lowest BCUT2D eigenvalue weighted by molar-refractivity contribution is -0.137. The summed E-state index contributed by atoms with van der Waals surface area (Å²) in [4.78, 5) is 21.4. The van der Waals surface area contributed by atoms with Crippen LogP contribution in [0.2, 0.25) is 0 Å². The highest BCUT2D eigenvalue weighted by atomic mass is 16.5. The standard InChI is InChI=1S/C11H12N2O3/c12-10(14)11(15)13-6-7-1-2-9-8(5-7)3-4-16-9/h1-2,5H,3-4,6H2,(H2,12,14)(H,13,15). The van der Waals surface area contributed by atoms with Crippen LogP contribution in [0.25, 0.3) is 0 Å². The zero-order chi connectivity index (χ0) is 11.5. The van der Waals surface area contributed by atoms with Gasteiger partial charge in [0.2, 0.25) is 0 Å². The van der Waals surface area contributed by atoms with Crippen LogP contribution in [-0.2, 0) is 22.6 Å². The van der Waals surface area contributed by atoms with Crippen LogP contribution in [0.4, 0.5) is 0 Å². The molecule has 0 fully saturated rings. The molecule has 0 bridgehead atoms. The summed E-state index contributed by atoms with van der Waals surface area (Å²) in [5.41, 5.74) is 6.88. The first-order valence-corrected chi connectivity index (χ1v) is 4.99. The highest BCUT2D eigenvalue weighted by molar-refractivity contribution is 6.34. The van der Waals surface area contributed by atoms with E-state index in [1.807, 2.05) is 18.2 Å². The van der Waals surface area contributed by atoms with E-state index in [9.17, 15) is 9.59 Å². The van der Waals surface area contributed by atoms with E-state index in [0.29, 0.717) is 13.2 Å². The smallest absolute Gasteiger partial charge is 0.309 e. The molecule has 0 aliphatic carbocycles. The molecule has 5 heteroatoms. The third kappa shape index (κ3) is 2.13. The number of carbonyl (C=O) groups excluding carboxylic acids is 2. The van der Waals surface area contributed by atoms with Gasteiger partial charge in [-0.05, 0) is 17.2 Å². The Labute approximate surface area is 92.6 Å². The molecule has 1 aromatic carbocycles. The molecule has 1 heterocycles. The number of amides is 2. The Bertz CT molecular complexity index is 443. The molecule has 3 N–H and O–H groups in total. The predicted molar refractivity (Wildman–Crippen MR) is 56.7 cm³/mol. The number of primary amides is 1. The number of hydrogen-bond acceptors (Lipinski definition) is 3. The zero-order valence-corrected chi connectivity index (χ0v) is 8.66. The molecule has 0 spiro atoms. The van der Waals surface area contributed by atoms with E-state index < -0.39 is 11.8 Å². The van der Waals surface area contributed by atoms with Gasteiger partial charge in [-0.1, -0.05) is 12.1 Å². The van der Waals surface area contributed by atoms with Crippen LogP contribution in [0.1, 0.15) is 11.1 Å². The summed E-state index contributed by atoms with van der Waals surface area (Å²) in [7, 11) is 0. The van der Waals surface area contributed by atoms with Crippen molar-refractivity contribution in [1.29, 1.82) is 0 Å². The van der Waals surface area contributed by atoms with E-state index >= 15 is 0 Å². The summed E-state index contributed by atoms with van der Waals surface area (Å²) < 4.78 is 5.36. The second-order valence-corrected chi connectivity index (χ2v) is 3.59. The minimum atomic E-state index is -0.968. The zero-order valence-electron chi connectivity index (χ0n) is 8.66. The fourth-order valence-electron chi connectivity index (χ4n) is 1.62. The van der Waals surface area contributed by atoms with Crippen molar-refractivity contribution >= 4 is 11.8 Å². The van der Waals surface area contributed by atoms with Gasteiger partial charge in [-0.25, -0.2) is 0 Å². The molecule has 5 nitrogen and oxygen atoms in total. The van der Waals surface area contributed by atoms with E-state index in [-0.39, 0.29) is 0 Å². The predicted octanol–water partition coefficient (Wildman–Crippen LogP) is -0.277. The Morgan fingerprint density at radius 1 is 1.44 bits per heavy atom. The molecule has 0 atom stereocenters. The molecule has 16 heavy (non-hydrogen) atoms. The van der Waals surface area contributed by atoms with Crippen molar-refractivity contribution in [2.24, 2.45) is 5.73 Å². The van der Waals surface area contributed by atoms with Crippen LogP contribution < -0.4 is 15.8 Å². The second kappa shape index (κ2) is 4.22. The quantitative estimate of drug-likeness (QED) is 0.673. The van der Waals surface area contributed by atoms with Gasteiger partial charge < -0.3 is 15.8 Å². The average molecular weight is 220 g/mol. The normalized spacial score (nSPS) is 12.8. The van der Waals surface area contributed by atoms with E-state index in [1.54, 1.807) is 0 Å². The summed E-state index contributed by atoms with van der Waals surface area (Å²) in [6, 6.07) is 5.68. The van der Waals surface area contributed by atoms with Gasteiger partial charge in [0.25, 0.3) is 0 Å². The molecular weight excluding hydrogens is 208 g/mol. The third-order valence-corrected chi connectivity index (χ3v) is 2.43. The number of nitrogens with one attached hydrogen (secondary N) is 1. The Hall–Kier alpha value is -2.04. The third-order valence-electron chi connectivity index (χ3n) is 2.43. The first-order chi connectivity index (χ1) is 7.66. The van der Waals surface area contributed by atoms with Gasteiger partial charge in [0, 0.05) is 13.0 Å². The highest BCUT2D eigenvalue weighted by Gasteiger charge is 2.13. The Balaban J connectivity index is 2.00. The Morgan fingerprint density at radius 3 is 3.00 bits per heavy atom. The molecule has 1 aliphatic heterocycles. The van der Waals surface area contributed by atoms with Crippen molar-refractivity contribution in [1.82, 2.24) is 5.32 Å². The van der Waals surface area contributed by atoms with Crippen molar-refractivity contribution in [3.05, 3.63) is 29.3 Å². The summed E-state index contributed by atoms with van der Waals surface area (Å²) in [5.74, 6) is -0.841. The molecule has 0 radical (unpaired) electrons. The lowest BCUT2D eigenvalue weighted by Gasteiger charge is -2.04. The van der Waals surface area contributed by atoms with Gasteiger partial charge in [0.15, 0.2) is 0 Å². The largest absolute Gasteiger partial charge is 0.493 e. The van der Waals surface area contributed by atoms with Crippen LogP contribution in [0, 0.1) is 0 Å². The van der Waals surface area contributed by atoms with Gasteiger partial charge in [-0.15, -0.1) is 0 Å². The summed E-state index contributed by atoms with van der Waals surface area (Å²) in [6.45, 7) is 1.00. The van der Waals surface area contributed by atoms with Crippen LogP contribution in [0.15, 0.2) is 18.2 Å². The Kier molecular flexibility index (Phi) is 2.76. The summed E-state index contributed by atoms with van der Waals surface area (Å²) >= 11 is 0. The van der Waals surface area contributed by atoms with Gasteiger partial charge in [0.05, 0.1) is 6.61 Å². The maximum absolute atomic E-state index is 10.9. The van der Waals surface area contributed by atoms with Gasteiger partial charge in [-0.2, -0.15) is 0 Å². The minimum Gasteiger partial charge on any atom is -0.493 e. The van der Waals surface area contributed by atoms with Crippen LogP contribution in [-0.4, -0.2) is 18.4 Å². The maximum atomic E-state index is 10.9. The van der Waals surface area contributed by atoms with Crippen LogP contribution in [0.3, 0.4) is 0 Å². The Morgan fingerprint density at radius 2 is 2.25 bits per heavy atom. The highest BCUT2D eigenvalue weighted by Crippen LogP contribution is 2.25. The van der Waals surface area contributed by atoms with Crippen LogP contribution in [0.5, 0.6) is 5.75 Å². The number of rotatable bonds is 2. The maximum Gasteiger partial charge on any atom is 0.309 e. The van der Waals surface area contributed by atoms with Crippen molar-refractivity contribution < 1.29 is 14.3 Å². The average Bonchev–Trinajstić information content (AvgIpc) is 2.72.